The summed E-state index contributed by atoms with van der Waals surface area (Å²) in [5.74, 6) is 6.57. The number of aryl methyl sites for hydroxylation is 1. The van der Waals surface area contributed by atoms with Crippen molar-refractivity contribution in [2.75, 3.05) is 33.0 Å². The molecule has 11 nitrogen and oxygen atoms in total. The summed E-state index contributed by atoms with van der Waals surface area (Å²) in [6.45, 7) is 9.76. The third-order valence-electron chi connectivity index (χ3n) is 11.3. The molecule has 0 unspecified atom stereocenters. The van der Waals surface area contributed by atoms with Crippen molar-refractivity contribution in [3.05, 3.63) is 173 Å². The zero-order valence-electron chi connectivity index (χ0n) is 40.7. The number of unbranched alkanes of at least 4 members (excludes halogenated alkanes) is 8. The summed E-state index contributed by atoms with van der Waals surface area (Å²) in [6, 6.07) is 37.9. The minimum atomic E-state index is -0.689. The molecule has 0 bridgehead atoms. The van der Waals surface area contributed by atoms with Crippen molar-refractivity contribution in [3.63, 3.8) is 0 Å². The molecule has 0 amide bonds. The molecule has 0 aromatic heterocycles. The van der Waals surface area contributed by atoms with E-state index in [2.05, 4.69) is 42.7 Å². The lowest BCUT2D eigenvalue weighted by Crippen LogP contribution is -2.14. The van der Waals surface area contributed by atoms with Crippen molar-refractivity contribution in [1.29, 1.82) is 0 Å². The van der Waals surface area contributed by atoms with E-state index >= 15 is 0 Å². The van der Waals surface area contributed by atoms with Gasteiger partial charge in [0, 0.05) is 17.2 Å². The highest BCUT2D eigenvalue weighted by atomic mass is 16.6. The second kappa shape index (κ2) is 28.6. The molecule has 0 atom stereocenters. The molecule has 0 fully saturated rings. The van der Waals surface area contributed by atoms with Crippen LogP contribution in [0.1, 0.15) is 125 Å². The van der Waals surface area contributed by atoms with Crippen LogP contribution in [0, 0.1) is 18.8 Å². The average Bonchev–Trinajstić information content (AvgIpc) is 3.39. The van der Waals surface area contributed by atoms with Gasteiger partial charge in [-0.15, -0.1) is 0 Å². The van der Waals surface area contributed by atoms with Gasteiger partial charge >= 0.3 is 23.9 Å². The molecule has 0 saturated heterocycles. The summed E-state index contributed by atoms with van der Waals surface area (Å²) >= 11 is 0. The van der Waals surface area contributed by atoms with Gasteiger partial charge in [-0.2, -0.15) is 0 Å². The highest BCUT2D eigenvalue weighted by molar-refractivity contribution is 5.97. The Bertz CT molecular complexity index is 2750. The first-order valence-electron chi connectivity index (χ1n) is 24.4. The first-order valence-corrected chi connectivity index (χ1v) is 24.4. The Morgan fingerprint density at radius 2 is 0.958 bits per heavy atom. The Labute approximate surface area is 417 Å². The van der Waals surface area contributed by atoms with E-state index in [4.69, 9.17) is 33.2 Å². The van der Waals surface area contributed by atoms with Crippen LogP contribution < -0.4 is 23.7 Å². The van der Waals surface area contributed by atoms with E-state index in [9.17, 15) is 19.2 Å². The van der Waals surface area contributed by atoms with Gasteiger partial charge < -0.3 is 33.2 Å². The van der Waals surface area contributed by atoms with E-state index < -0.39 is 17.9 Å². The fraction of sp³-hybridized carbons (Fsp3) is 0.300. The van der Waals surface area contributed by atoms with Crippen LogP contribution in [-0.4, -0.2) is 56.9 Å². The Hall–Kier alpha value is -7.84. The van der Waals surface area contributed by atoms with Gasteiger partial charge in [-0.3, -0.25) is 0 Å². The van der Waals surface area contributed by atoms with Gasteiger partial charge in [-0.1, -0.05) is 68.0 Å². The molecule has 0 aliphatic rings. The Kier molecular flexibility index (Phi) is 21.2. The number of hydrogen-bond acceptors (Lipinski definition) is 11. The molecule has 71 heavy (non-hydrogen) atoms. The molecule has 6 rings (SSSR count). The highest BCUT2D eigenvalue weighted by Gasteiger charge is 2.21. The normalized spacial score (nSPS) is 10.6. The number of carbonyl (C=O) groups is 4. The monoisotopic (exact) mass is 958 g/mol. The molecular weight excluding hydrogens is 897 g/mol. The smallest absolute Gasteiger partial charge is 0.343 e. The van der Waals surface area contributed by atoms with Crippen LogP contribution in [-0.2, 0) is 14.3 Å². The Morgan fingerprint density at radius 1 is 0.465 bits per heavy atom. The molecule has 6 aromatic rings. The summed E-state index contributed by atoms with van der Waals surface area (Å²) in [5.41, 5.74) is 3.43. The van der Waals surface area contributed by atoms with Crippen LogP contribution in [0.5, 0.6) is 28.7 Å². The molecule has 0 saturated carbocycles. The van der Waals surface area contributed by atoms with Crippen LogP contribution in [0.25, 0.3) is 10.8 Å². The lowest BCUT2D eigenvalue weighted by atomic mass is 10.1. The topological polar surface area (TPSA) is 133 Å². The molecule has 368 valence electrons. The molecule has 0 heterocycles. The van der Waals surface area contributed by atoms with Gasteiger partial charge in [0.2, 0.25) is 0 Å². The van der Waals surface area contributed by atoms with E-state index in [0.717, 1.165) is 103 Å². The van der Waals surface area contributed by atoms with E-state index in [1.165, 1.54) is 24.3 Å². The van der Waals surface area contributed by atoms with Crippen molar-refractivity contribution >= 4 is 34.6 Å². The Morgan fingerprint density at radius 3 is 1.61 bits per heavy atom. The summed E-state index contributed by atoms with van der Waals surface area (Å²) < 4.78 is 39.6. The van der Waals surface area contributed by atoms with E-state index in [1.807, 2.05) is 50.2 Å². The third kappa shape index (κ3) is 17.9. The number of rotatable bonds is 27. The van der Waals surface area contributed by atoms with E-state index in [1.54, 1.807) is 48.5 Å². The molecular formula is C60H62O11. The van der Waals surface area contributed by atoms with Crippen molar-refractivity contribution in [2.45, 2.75) is 84.5 Å². The lowest BCUT2D eigenvalue weighted by molar-refractivity contribution is -0.137. The predicted octanol–water partition coefficient (Wildman–Crippen LogP) is 13.0. The fourth-order valence-corrected chi connectivity index (χ4v) is 7.20. The van der Waals surface area contributed by atoms with Gasteiger partial charge in [0.25, 0.3) is 0 Å². The van der Waals surface area contributed by atoms with Crippen molar-refractivity contribution < 1.29 is 52.3 Å². The summed E-state index contributed by atoms with van der Waals surface area (Å²) in [6.07, 6.45) is 11.2. The SMILES string of the molecule is C=CC(=O)OCCCCCCOc1ccc2cc(C#Cc3ccc(OCCCCCCOc4ccc(C(=O)Oc5ccc(OC(=O)c6ccc(C)cc6)cc5C(=O)OCCCCC)cc4)cc3)ccc2c1. The van der Waals surface area contributed by atoms with Gasteiger partial charge in [-0.05, 0) is 179 Å². The number of carbonyl (C=O) groups excluding carboxylic acids is 4. The molecule has 0 aliphatic carbocycles. The maximum atomic E-state index is 13.2. The van der Waals surface area contributed by atoms with Crippen LogP contribution in [0.2, 0.25) is 0 Å². The standard InChI is InChI=1S/C60H62O11/c1-4-6-11-40-69-60(64)55-43-54(70-58(62)47-23-16-44(3)17-24-47)34-35-56(55)71-59(63)48-26-31-52(32-27-48)66-37-13-8-7-12-36-65-51-29-21-45(22-30-51)18-19-46-20-25-50-42-53(33-28-49(50)41-46)67-38-14-9-10-15-39-68-57(61)5-2/h5,16-17,20-35,41-43H,2,4,6-15,36-40H2,1,3H3. The fourth-order valence-electron chi connectivity index (χ4n) is 7.20. The zero-order chi connectivity index (χ0) is 50.0. The average molecular weight is 959 g/mol. The minimum Gasteiger partial charge on any atom is -0.494 e. The third-order valence-corrected chi connectivity index (χ3v) is 11.3. The molecule has 0 aliphatic heterocycles. The Balaban J connectivity index is 0.863. The van der Waals surface area contributed by atoms with Crippen LogP contribution in [0.3, 0.4) is 0 Å². The highest BCUT2D eigenvalue weighted by Crippen LogP contribution is 2.28. The second-order valence-electron chi connectivity index (χ2n) is 16.9. The number of esters is 4. The van der Waals surface area contributed by atoms with Gasteiger partial charge in [0.15, 0.2) is 0 Å². The molecule has 0 spiro atoms. The van der Waals surface area contributed by atoms with Crippen LogP contribution in [0.4, 0.5) is 0 Å². The van der Waals surface area contributed by atoms with Crippen molar-refractivity contribution in [3.8, 4) is 40.6 Å². The molecule has 6 aromatic carbocycles. The van der Waals surface area contributed by atoms with Crippen molar-refractivity contribution in [2.24, 2.45) is 0 Å². The largest absolute Gasteiger partial charge is 0.494 e. The minimum absolute atomic E-state index is 0.0142. The lowest BCUT2D eigenvalue weighted by Gasteiger charge is -2.13. The predicted molar refractivity (Wildman–Crippen MR) is 275 cm³/mol. The number of fused-ring (bicyclic) bond motifs is 1. The van der Waals surface area contributed by atoms with Gasteiger partial charge in [-0.25, -0.2) is 19.2 Å². The first kappa shape index (κ1) is 52.5. The molecule has 0 radical (unpaired) electrons. The molecule has 11 heteroatoms. The summed E-state index contributed by atoms with van der Waals surface area (Å²) in [5, 5.41) is 2.19. The van der Waals surface area contributed by atoms with Crippen molar-refractivity contribution in [1.82, 2.24) is 0 Å². The van der Waals surface area contributed by atoms with Gasteiger partial charge in [0.05, 0.1) is 44.2 Å². The number of ether oxygens (including phenoxy) is 7. The van der Waals surface area contributed by atoms with Gasteiger partial charge in [0.1, 0.15) is 34.3 Å². The van der Waals surface area contributed by atoms with Crippen LogP contribution in [0.15, 0.2) is 140 Å². The number of benzene rings is 6. The maximum Gasteiger partial charge on any atom is 0.343 e. The summed E-state index contributed by atoms with van der Waals surface area (Å²) in [7, 11) is 0. The number of hydrogen-bond donors (Lipinski definition) is 0. The quantitative estimate of drug-likeness (QED) is 0.0161. The first-order chi connectivity index (χ1) is 34.7. The van der Waals surface area contributed by atoms with E-state index in [0.29, 0.717) is 44.2 Å². The van der Waals surface area contributed by atoms with E-state index in [-0.39, 0.29) is 35.2 Å². The zero-order valence-corrected chi connectivity index (χ0v) is 40.7. The maximum absolute atomic E-state index is 13.2. The second-order valence-corrected chi connectivity index (χ2v) is 16.9. The summed E-state index contributed by atoms with van der Waals surface area (Å²) in [4.78, 5) is 50.2. The molecule has 0 N–H and O–H groups in total. The van der Waals surface area contributed by atoms with Crippen LogP contribution >= 0.6 is 0 Å².